The summed E-state index contributed by atoms with van der Waals surface area (Å²) in [6.45, 7) is 0.00801. The van der Waals surface area contributed by atoms with E-state index in [1.807, 2.05) is 0 Å². The van der Waals surface area contributed by atoms with Crippen LogP contribution in [0.15, 0.2) is 48.7 Å². The molecule has 1 N–H and O–H groups in total. The molecule has 1 fully saturated rings. The lowest BCUT2D eigenvalue weighted by molar-refractivity contribution is -0.139. The molecule has 1 aromatic carbocycles. The van der Waals surface area contributed by atoms with Crippen LogP contribution in [0, 0.1) is 0 Å². The molecule has 2 aromatic rings. The van der Waals surface area contributed by atoms with Gasteiger partial charge in [0.05, 0.1) is 11.6 Å². The lowest BCUT2D eigenvalue weighted by Crippen LogP contribution is -2.37. The fraction of sp³-hybridized carbons (Fsp3) is 0.278. The van der Waals surface area contributed by atoms with Crippen molar-refractivity contribution in [1.82, 2.24) is 15.2 Å². The molecule has 1 aliphatic rings. The summed E-state index contributed by atoms with van der Waals surface area (Å²) in [7, 11) is 0. The number of likely N-dealkylation sites (tertiary alicyclic amines) is 1. The average molecular weight is 363 g/mol. The molecule has 1 aromatic heterocycles. The number of rotatable bonds is 4. The van der Waals surface area contributed by atoms with Gasteiger partial charge in [-0.1, -0.05) is 24.3 Å². The number of carbonyl (C=O) groups is 2. The number of benzene rings is 1. The highest BCUT2D eigenvalue weighted by Crippen LogP contribution is 2.32. The molecule has 0 saturated carbocycles. The topological polar surface area (TPSA) is 62.3 Å². The van der Waals surface area contributed by atoms with Crippen molar-refractivity contribution in [2.75, 3.05) is 6.54 Å². The number of nitrogens with zero attached hydrogens (tertiary/aromatic N) is 2. The van der Waals surface area contributed by atoms with E-state index in [2.05, 4.69) is 10.3 Å². The minimum atomic E-state index is -4.48. The zero-order valence-corrected chi connectivity index (χ0v) is 13.7. The number of carbonyl (C=O) groups excluding carboxylic acids is 2. The first-order chi connectivity index (χ1) is 12.3. The molecule has 1 saturated heterocycles. The fourth-order valence-electron chi connectivity index (χ4n) is 2.92. The van der Waals surface area contributed by atoms with Crippen LogP contribution in [0.3, 0.4) is 0 Å². The predicted molar refractivity (Wildman–Crippen MR) is 87.0 cm³/mol. The second-order valence-electron chi connectivity index (χ2n) is 6.02. The van der Waals surface area contributed by atoms with Gasteiger partial charge in [0, 0.05) is 25.7 Å². The molecule has 1 atom stereocenters. The van der Waals surface area contributed by atoms with Gasteiger partial charge in [0.1, 0.15) is 5.69 Å². The van der Waals surface area contributed by atoms with Crippen molar-refractivity contribution in [3.8, 4) is 0 Å². The van der Waals surface area contributed by atoms with E-state index in [9.17, 15) is 22.8 Å². The van der Waals surface area contributed by atoms with Crippen LogP contribution in [-0.4, -0.2) is 34.3 Å². The zero-order valence-electron chi connectivity index (χ0n) is 13.7. The number of hydrogen-bond acceptors (Lipinski definition) is 3. The quantitative estimate of drug-likeness (QED) is 0.908. The van der Waals surface area contributed by atoms with E-state index < -0.39 is 23.7 Å². The van der Waals surface area contributed by atoms with Crippen molar-refractivity contribution in [1.29, 1.82) is 0 Å². The first-order valence-corrected chi connectivity index (χ1v) is 7.99. The Balaban J connectivity index is 1.67. The Morgan fingerprint density at radius 2 is 1.92 bits per heavy atom. The van der Waals surface area contributed by atoms with E-state index in [1.54, 1.807) is 18.2 Å². The Morgan fingerprint density at radius 1 is 1.19 bits per heavy atom. The minimum absolute atomic E-state index is 0.0325. The highest BCUT2D eigenvalue weighted by Gasteiger charge is 2.36. The van der Waals surface area contributed by atoms with Gasteiger partial charge in [-0.15, -0.1) is 0 Å². The first-order valence-electron chi connectivity index (χ1n) is 7.99. The molecule has 26 heavy (non-hydrogen) atoms. The summed E-state index contributed by atoms with van der Waals surface area (Å²) in [5, 5.41) is 2.70. The van der Waals surface area contributed by atoms with Gasteiger partial charge in [0.25, 0.3) is 5.91 Å². The van der Waals surface area contributed by atoms with Gasteiger partial charge in [-0.25, -0.2) is 0 Å². The van der Waals surface area contributed by atoms with Gasteiger partial charge >= 0.3 is 6.18 Å². The third-order valence-corrected chi connectivity index (χ3v) is 4.13. The maximum absolute atomic E-state index is 13.1. The van der Waals surface area contributed by atoms with Crippen LogP contribution in [-0.2, 0) is 17.5 Å². The normalized spacial score (nSPS) is 17.4. The monoisotopic (exact) mass is 363 g/mol. The molecule has 136 valence electrons. The van der Waals surface area contributed by atoms with E-state index >= 15 is 0 Å². The number of pyridine rings is 1. The first kappa shape index (κ1) is 17.9. The molecule has 0 radical (unpaired) electrons. The van der Waals surface area contributed by atoms with E-state index in [-0.39, 0.29) is 36.7 Å². The smallest absolute Gasteiger partial charge is 0.346 e. The number of aromatic nitrogens is 1. The average Bonchev–Trinajstić information content (AvgIpc) is 2.94. The van der Waals surface area contributed by atoms with E-state index in [0.717, 1.165) is 6.07 Å². The summed E-state index contributed by atoms with van der Waals surface area (Å²) in [5.41, 5.74) is -0.500. The molecule has 2 heterocycles. The van der Waals surface area contributed by atoms with Crippen molar-refractivity contribution < 1.29 is 22.8 Å². The largest absolute Gasteiger partial charge is 0.416 e. The molecule has 0 aliphatic carbocycles. The van der Waals surface area contributed by atoms with Gasteiger partial charge in [0.2, 0.25) is 5.91 Å². The number of alkyl halides is 3. The maximum Gasteiger partial charge on any atom is 0.416 e. The van der Waals surface area contributed by atoms with Gasteiger partial charge in [-0.3, -0.25) is 14.6 Å². The Hall–Kier alpha value is -2.90. The number of halogens is 3. The third kappa shape index (κ3) is 4.01. The lowest BCUT2D eigenvalue weighted by atomic mass is 10.1. The van der Waals surface area contributed by atoms with Gasteiger partial charge in [-0.2, -0.15) is 13.2 Å². The molecular weight excluding hydrogens is 347 g/mol. The summed E-state index contributed by atoms with van der Waals surface area (Å²) >= 11 is 0. The second-order valence-corrected chi connectivity index (χ2v) is 6.02. The van der Waals surface area contributed by atoms with Crippen LogP contribution in [0.25, 0.3) is 0 Å². The van der Waals surface area contributed by atoms with Crippen molar-refractivity contribution in [3.63, 3.8) is 0 Å². The molecule has 3 rings (SSSR count). The molecule has 0 spiro atoms. The second kappa shape index (κ2) is 7.15. The lowest BCUT2D eigenvalue weighted by Gasteiger charge is -2.20. The van der Waals surface area contributed by atoms with Gasteiger partial charge in [-0.05, 0) is 23.8 Å². The summed E-state index contributed by atoms with van der Waals surface area (Å²) in [4.78, 5) is 29.5. The standard InChI is InChI=1S/C18H16F3N3O2/c19-18(20,21)14-6-2-1-5-12(14)10-24-11-13(9-16(24)25)23-17(26)15-7-3-4-8-22-15/h1-8,13H,9-11H2,(H,23,26)/t13-/m1/s1. The minimum Gasteiger partial charge on any atom is -0.346 e. The van der Waals surface area contributed by atoms with Crippen molar-refractivity contribution in [2.45, 2.75) is 25.2 Å². The summed E-state index contributed by atoms with van der Waals surface area (Å²) in [6.07, 6.45) is -2.95. The van der Waals surface area contributed by atoms with Crippen LogP contribution in [0.4, 0.5) is 13.2 Å². The van der Waals surface area contributed by atoms with Crippen molar-refractivity contribution in [3.05, 3.63) is 65.5 Å². The Labute approximate surface area is 147 Å². The molecule has 0 bridgehead atoms. The molecular formula is C18H16F3N3O2. The van der Waals surface area contributed by atoms with Crippen molar-refractivity contribution in [2.24, 2.45) is 0 Å². The maximum atomic E-state index is 13.1. The van der Waals surface area contributed by atoms with Crippen LogP contribution >= 0.6 is 0 Å². The van der Waals surface area contributed by atoms with Gasteiger partial charge in [0.15, 0.2) is 0 Å². The Kier molecular flexibility index (Phi) is 4.92. The van der Waals surface area contributed by atoms with Crippen LogP contribution in [0.2, 0.25) is 0 Å². The van der Waals surface area contributed by atoms with Gasteiger partial charge < -0.3 is 10.2 Å². The van der Waals surface area contributed by atoms with E-state index in [1.165, 1.54) is 29.3 Å². The predicted octanol–water partition coefficient (Wildman–Crippen LogP) is 2.63. The van der Waals surface area contributed by atoms with Crippen LogP contribution in [0.1, 0.15) is 28.0 Å². The Morgan fingerprint density at radius 3 is 2.62 bits per heavy atom. The molecule has 2 amide bonds. The molecule has 8 heteroatoms. The highest BCUT2D eigenvalue weighted by atomic mass is 19.4. The highest BCUT2D eigenvalue weighted by molar-refractivity contribution is 5.93. The molecule has 5 nitrogen and oxygen atoms in total. The summed E-state index contributed by atoms with van der Waals surface area (Å²) in [6, 6.07) is 9.60. The molecule has 0 unspecified atom stereocenters. The van der Waals surface area contributed by atoms with Crippen LogP contribution in [0.5, 0.6) is 0 Å². The van der Waals surface area contributed by atoms with E-state index in [0.29, 0.717) is 0 Å². The van der Waals surface area contributed by atoms with Crippen LogP contribution < -0.4 is 5.32 Å². The number of hydrogen-bond donors (Lipinski definition) is 1. The fourth-order valence-corrected chi connectivity index (χ4v) is 2.92. The summed E-state index contributed by atoms with van der Waals surface area (Å²) < 4.78 is 39.3. The zero-order chi connectivity index (χ0) is 18.7. The SMILES string of the molecule is O=C(N[C@@H]1CC(=O)N(Cc2ccccc2C(F)(F)F)C1)c1ccccn1. The van der Waals surface area contributed by atoms with E-state index in [4.69, 9.17) is 0 Å². The van der Waals surface area contributed by atoms with Crippen molar-refractivity contribution >= 4 is 11.8 Å². The third-order valence-electron chi connectivity index (χ3n) is 4.13. The number of nitrogens with one attached hydrogen (secondary N) is 1. The summed E-state index contributed by atoms with van der Waals surface area (Å²) in [5.74, 6) is -0.714. The molecule has 1 aliphatic heterocycles. The Bertz CT molecular complexity index is 809. The number of amides is 2.